The molecule has 2 atom stereocenters. The summed E-state index contributed by atoms with van der Waals surface area (Å²) in [6.45, 7) is 0.774. The first-order chi connectivity index (χ1) is 7.68. The third-order valence-corrected chi connectivity index (χ3v) is 3.94. The molecule has 16 heavy (non-hydrogen) atoms. The highest BCUT2D eigenvalue weighted by Gasteiger charge is 2.24. The number of ether oxygens (including phenoxy) is 1. The molecule has 0 aromatic heterocycles. The summed E-state index contributed by atoms with van der Waals surface area (Å²) in [5.41, 5.74) is 0.904. The Balaban J connectivity index is 2.12. The maximum Gasteiger partial charge on any atom is 0.137 e. The molecule has 0 saturated carbocycles. The molecule has 1 aliphatic heterocycles. The highest BCUT2D eigenvalue weighted by molar-refractivity contribution is 9.10. The molecule has 1 heterocycles. The van der Waals surface area contributed by atoms with Crippen LogP contribution >= 0.6 is 27.5 Å². The van der Waals surface area contributed by atoms with Gasteiger partial charge in [0.25, 0.3) is 0 Å². The number of rotatable bonds is 2. The third kappa shape index (κ3) is 2.76. The first-order valence-corrected chi connectivity index (χ1v) is 6.62. The normalized spacial score (nSPS) is 23.1. The van der Waals surface area contributed by atoms with Crippen LogP contribution in [0, 0.1) is 5.82 Å². The fourth-order valence-corrected chi connectivity index (χ4v) is 2.63. The molecule has 1 aromatic carbocycles. The lowest BCUT2D eigenvalue weighted by Crippen LogP contribution is -2.23. The number of hydrogen-bond donors (Lipinski definition) is 0. The second-order valence-electron chi connectivity index (χ2n) is 3.98. The van der Waals surface area contributed by atoms with Crippen LogP contribution in [0.1, 0.15) is 30.2 Å². The van der Waals surface area contributed by atoms with Gasteiger partial charge in [0, 0.05) is 6.61 Å². The lowest BCUT2D eigenvalue weighted by atomic mass is 10.0. The van der Waals surface area contributed by atoms with Crippen molar-refractivity contribution in [2.75, 3.05) is 6.61 Å². The van der Waals surface area contributed by atoms with Crippen molar-refractivity contribution in [2.24, 2.45) is 0 Å². The molecule has 0 aliphatic carbocycles. The highest BCUT2D eigenvalue weighted by atomic mass is 79.9. The van der Waals surface area contributed by atoms with Gasteiger partial charge in [0.2, 0.25) is 0 Å². The van der Waals surface area contributed by atoms with Gasteiger partial charge < -0.3 is 4.74 Å². The van der Waals surface area contributed by atoms with E-state index in [0.717, 1.165) is 31.4 Å². The van der Waals surface area contributed by atoms with Crippen LogP contribution in [0.5, 0.6) is 0 Å². The molecule has 1 nitrogen and oxygen atoms in total. The van der Waals surface area contributed by atoms with Gasteiger partial charge in [0.15, 0.2) is 0 Å². The van der Waals surface area contributed by atoms with Crippen molar-refractivity contribution in [1.29, 1.82) is 0 Å². The molecule has 0 spiro atoms. The minimum absolute atomic E-state index is 0.0489. The number of halogens is 3. The zero-order chi connectivity index (χ0) is 11.5. The first-order valence-electron chi connectivity index (χ1n) is 5.39. The van der Waals surface area contributed by atoms with E-state index in [9.17, 15) is 4.39 Å². The Bertz CT molecular complexity index is 366. The Hall–Kier alpha value is -0.120. The molecule has 0 N–H and O–H groups in total. The van der Waals surface area contributed by atoms with E-state index in [-0.39, 0.29) is 17.3 Å². The predicted molar refractivity (Wildman–Crippen MR) is 66.3 cm³/mol. The SMILES string of the molecule is Fc1ccc(C(Cl)C2CCCCO2)cc1Br. The zero-order valence-corrected chi connectivity index (χ0v) is 11.1. The van der Waals surface area contributed by atoms with Gasteiger partial charge in [-0.25, -0.2) is 4.39 Å². The van der Waals surface area contributed by atoms with E-state index in [1.807, 2.05) is 0 Å². The molecule has 2 unspecified atom stereocenters. The standard InChI is InChI=1S/C12H13BrClFO/c13-9-7-8(4-5-10(9)15)12(14)11-3-1-2-6-16-11/h4-5,7,11-12H,1-3,6H2. The summed E-state index contributed by atoms with van der Waals surface area (Å²) in [6, 6.07) is 4.87. The second kappa shape index (κ2) is 5.48. The van der Waals surface area contributed by atoms with Crippen LogP contribution < -0.4 is 0 Å². The molecule has 88 valence electrons. The average Bonchev–Trinajstić information content (AvgIpc) is 2.33. The summed E-state index contributed by atoms with van der Waals surface area (Å²) in [5, 5.41) is -0.197. The van der Waals surface area contributed by atoms with Gasteiger partial charge in [0.05, 0.1) is 16.0 Å². The maximum absolute atomic E-state index is 13.1. The van der Waals surface area contributed by atoms with Gasteiger partial charge in [-0.05, 0) is 52.9 Å². The van der Waals surface area contributed by atoms with Gasteiger partial charge in [0.1, 0.15) is 5.82 Å². The van der Waals surface area contributed by atoms with E-state index in [4.69, 9.17) is 16.3 Å². The van der Waals surface area contributed by atoms with Crippen LogP contribution in [0.2, 0.25) is 0 Å². The molecule has 1 saturated heterocycles. The van der Waals surface area contributed by atoms with Crippen molar-refractivity contribution < 1.29 is 9.13 Å². The summed E-state index contributed by atoms with van der Waals surface area (Å²) in [6.07, 6.45) is 3.28. The summed E-state index contributed by atoms with van der Waals surface area (Å²) in [5.74, 6) is -0.267. The third-order valence-electron chi connectivity index (χ3n) is 2.80. The minimum Gasteiger partial charge on any atom is -0.376 e. The second-order valence-corrected chi connectivity index (χ2v) is 5.30. The Morgan fingerprint density at radius 2 is 2.25 bits per heavy atom. The van der Waals surface area contributed by atoms with Crippen molar-refractivity contribution in [2.45, 2.75) is 30.7 Å². The topological polar surface area (TPSA) is 9.23 Å². The highest BCUT2D eigenvalue weighted by Crippen LogP contribution is 2.33. The molecule has 4 heteroatoms. The summed E-state index contributed by atoms with van der Waals surface area (Å²) >= 11 is 9.50. The molecule has 1 aromatic rings. The van der Waals surface area contributed by atoms with Gasteiger partial charge in [-0.2, -0.15) is 0 Å². The first kappa shape index (κ1) is 12.3. The van der Waals surface area contributed by atoms with Crippen LogP contribution in [-0.4, -0.2) is 12.7 Å². The lowest BCUT2D eigenvalue weighted by molar-refractivity contribution is 0.0135. The Labute approximate surface area is 108 Å². The fourth-order valence-electron chi connectivity index (χ4n) is 1.90. The molecule has 0 radical (unpaired) electrons. The molecule has 1 aliphatic rings. The van der Waals surface area contributed by atoms with E-state index < -0.39 is 0 Å². The van der Waals surface area contributed by atoms with Crippen LogP contribution in [0.4, 0.5) is 4.39 Å². The minimum atomic E-state index is -0.267. The molecule has 0 bridgehead atoms. The quantitative estimate of drug-likeness (QED) is 0.734. The molecule has 2 rings (SSSR count). The van der Waals surface area contributed by atoms with Crippen LogP contribution in [0.25, 0.3) is 0 Å². The van der Waals surface area contributed by atoms with E-state index >= 15 is 0 Å². The van der Waals surface area contributed by atoms with Crippen LogP contribution in [-0.2, 0) is 4.74 Å². The fraction of sp³-hybridized carbons (Fsp3) is 0.500. The van der Waals surface area contributed by atoms with E-state index in [2.05, 4.69) is 15.9 Å². The Morgan fingerprint density at radius 1 is 1.44 bits per heavy atom. The van der Waals surface area contributed by atoms with Gasteiger partial charge in [-0.1, -0.05) is 6.07 Å². The van der Waals surface area contributed by atoms with E-state index in [1.165, 1.54) is 6.07 Å². The van der Waals surface area contributed by atoms with Crippen molar-refractivity contribution in [3.05, 3.63) is 34.1 Å². The van der Waals surface area contributed by atoms with Gasteiger partial charge >= 0.3 is 0 Å². The maximum atomic E-state index is 13.1. The average molecular weight is 308 g/mol. The van der Waals surface area contributed by atoms with Crippen LogP contribution in [0.3, 0.4) is 0 Å². The van der Waals surface area contributed by atoms with E-state index in [0.29, 0.717) is 4.47 Å². The number of alkyl halides is 1. The van der Waals surface area contributed by atoms with Gasteiger partial charge in [-0.15, -0.1) is 11.6 Å². The van der Waals surface area contributed by atoms with Crippen molar-refractivity contribution >= 4 is 27.5 Å². The lowest BCUT2D eigenvalue weighted by Gasteiger charge is -2.27. The summed E-state index contributed by atoms with van der Waals surface area (Å²) < 4.78 is 19.2. The largest absolute Gasteiger partial charge is 0.376 e. The van der Waals surface area contributed by atoms with Crippen molar-refractivity contribution in [3.63, 3.8) is 0 Å². The van der Waals surface area contributed by atoms with Crippen molar-refractivity contribution in [3.8, 4) is 0 Å². The van der Waals surface area contributed by atoms with Crippen LogP contribution in [0.15, 0.2) is 22.7 Å². The predicted octanol–water partition coefficient (Wildman–Crippen LogP) is 4.44. The Morgan fingerprint density at radius 3 is 2.88 bits per heavy atom. The monoisotopic (exact) mass is 306 g/mol. The van der Waals surface area contributed by atoms with Crippen molar-refractivity contribution in [1.82, 2.24) is 0 Å². The van der Waals surface area contributed by atoms with Gasteiger partial charge in [-0.3, -0.25) is 0 Å². The Kier molecular flexibility index (Phi) is 4.22. The number of benzene rings is 1. The molecular formula is C12H13BrClFO. The molecule has 1 fully saturated rings. The van der Waals surface area contributed by atoms with E-state index in [1.54, 1.807) is 12.1 Å². The molecular weight excluding hydrogens is 294 g/mol. The zero-order valence-electron chi connectivity index (χ0n) is 8.76. The molecule has 0 amide bonds. The smallest absolute Gasteiger partial charge is 0.137 e. The number of hydrogen-bond acceptors (Lipinski definition) is 1. The summed E-state index contributed by atoms with van der Waals surface area (Å²) in [7, 11) is 0. The summed E-state index contributed by atoms with van der Waals surface area (Å²) in [4.78, 5) is 0.